The SMILES string of the molecule is CCC(OC)C(N)Cc1cc(C)nn1C. The molecule has 1 heterocycles. The Morgan fingerprint density at radius 3 is 2.67 bits per heavy atom. The third-order valence-electron chi connectivity index (χ3n) is 2.73. The molecular weight excluding hydrogens is 190 g/mol. The molecular formula is C11H21N3O. The maximum atomic E-state index is 6.08. The maximum Gasteiger partial charge on any atom is 0.0723 e. The molecule has 0 fully saturated rings. The number of aromatic nitrogens is 2. The number of methoxy groups -OCH3 is 1. The molecule has 1 aromatic rings. The average molecular weight is 211 g/mol. The predicted octanol–water partition coefficient (Wildman–Crippen LogP) is 1.02. The molecule has 4 heteroatoms. The van der Waals surface area contributed by atoms with Crippen LogP contribution in [0.15, 0.2) is 6.07 Å². The van der Waals surface area contributed by atoms with E-state index in [1.54, 1.807) is 7.11 Å². The fraction of sp³-hybridized carbons (Fsp3) is 0.727. The first-order chi connectivity index (χ1) is 7.08. The van der Waals surface area contributed by atoms with E-state index in [9.17, 15) is 0 Å². The van der Waals surface area contributed by atoms with Crippen LogP contribution < -0.4 is 5.73 Å². The Morgan fingerprint density at radius 2 is 2.27 bits per heavy atom. The summed E-state index contributed by atoms with van der Waals surface area (Å²) < 4.78 is 7.21. The van der Waals surface area contributed by atoms with Crippen molar-refractivity contribution in [1.82, 2.24) is 9.78 Å². The Labute approximate surface area is 91.4 Å². The Hall–Kier alpha value is -0.870. The van der Waals surface area contributed by atoms with E-state index in [2.05, 4.69) is 18.1 Å². The number of hydrogen-bond acceptors (Lipinski definition) is 3. The summed E-state index contributed by atoms with van der Waals surface area (Å²) in [6.45, 7) is 4.07. The molecule has 2 unspecified atom stereocenters. The van der Waals surface area contributed by atoms with Gasteiger partial charge in [0.25, 0.3) is 0 Å². The number of aryl methyl sites for hydroxylation is 2. The van der Waals surface area contributed by atoms with E-state index in [1.807, 2.05) is 18.7 Å². The van der Waals surface area contributed by atoms with Gasteiger partial charge in [0.15, 0.2) is 0 Å². The number of nitrogens with two attached hydrogens (primary N) is 1. The highest BCUT2D eigenvalue weighted by molar-refractivity contribution is 5.10. The number of nitrogens with zero attached hydrogens (tertiary/aromatic N) is 2. The average Bonchev–Trinajstić information content (AvgIpc) is 2.47. The molecule has 0 bridgehead atoms. The lowest BCUT2D eigenvalue weighted by Crippen LogP contribution is -2.38. The van der Waals surface area contributed by atoms with E-state index in [-0.39, 0.29) is 12.1 Å². The summed E-state index contributed by atoms with van der Waals surface area (Å²) in [6, 6.07) is 2.11. The highest BCUT2D eigenvalue weighted by Crippen LogP contribution is 2.09. The fourth-order valence-electron chi connectivity index (χ4n) is 1.87. The Balaban J connectivity index is 2.64. The summed E-state index contributed by atoms with van der Waals surface area (Å²) in [7, 11) is 3.66. The molecule has 2 atom stereocenters. The van der Waals surface area contributed by atoms with Gasteiger partial charge in [0, 0.05) is 32.3 Å². The Bertz CT molecular complexity index is 305. The van der Waals surface area contributed by atoms with Crippen LogP contribution >= 0.6 is 0 Å². The van der Waals surface area contributed by atoms with Gasteiger partial charge >= 0.3 is 0 Å². The maximum absolute atomic E-state index is 6.08. The van der Waals surface area contributed by atoms with Gasteiger partial charge in [-0.3, -0.25) is 4.68 Å². The smallest absolute Gasteiger partial charge is 0.0723 e. The van der Waals surface area contributed by atoms with Crippen LogP contribution in [0.25, 0.3) is 0 Å². The molecule has 0 aliphatic carbocycles. The van der Waals surface area contributed by atoms with Gasteiger partial charge in [-0.25, -0.2) is 0 Å². The molecule has 0 aliphatic heterocycles. The van der Waals surface area contributed by atoms with Crippen LogP contribution in [0.3, 0.4) is 0 Å². The number of ether oxygens (including phenoxy) is 1. The molecule has 0 aliphatic rings. The minimum Gasteiger partial charge on any atom is -0.380 e. The molecule has 0 amide bonds. The molecule has 86 valence electrons. The van der Waals surface area contributed by atoms with Crippen molar-refractivity contribution < 1.29 is 4.74 Å². The van der Waals surface area contributed by atoms with E-state index in [0.717, 1.165) is 24.2 Å². The first-order valence-electron chi connectivity index (χ1n) is 5.36. The summed E-state index contributed by atoms with van der Waals surface area (Å²) in [5, 5.41) is 4.30. The largest absolute Gasteiger partial charge is 0.380 e. The van der Waals surface area contributed by atoms with Gasteiger partial charge in [0.1, 0.15) is 0 Å². The lowest BCUT2D eigenvalue weighted by atomic mass is 10.0. The zero-order chi connectivity index (χ0) is 11.4. The summed E-state index contributed by atoms with van der Waals surface area (Å²) in [6.07, 6.45) is 1.87. The monoisotopic (exact) mass is 211 g/mol. The zero-order valence-corrected chi connectivity index (χ0v) is 10.0. The van der Waals surface area contributed by atoms with Crippen molar-refractivity contribution in [2.24, 2.45) is 12.8 Å². The third kappa shape index (κ3) is 3.04. The highest BCUT2D eigenvalue weighted by atomic mass is 16.5. The van der Waals surface area contributed by atoms with Crippen LogP contribution in [-0.2, 0) is 18.2 Å². The van der Waals surface area contributed by atoms with Gasteiger partial charge in [-0.05, 0) is 19.4 Å². The summed E-state index contributed by atoms with van der Waals surface area (Å²) in [5.41, 5.74) is 8.28. The molecule has 1 aromatic heterocycles. The standard InChI is InChI=1S/C11H21N3O/c1-5-11(15-4)10(12)7-9-6-8(2)13-14(9)3/h6,10-11H,5,7,12H2,1-4H3. The second-order valence-corrected chi connectivity index (χ2v) is 3.95. The summed E-state index contributed by atoms with van der Waals surface area (Å²) >= 11 is 0. The minimum atomic E-state index is 0.0369. The van der Waals surface area contributed by atoms with E-state index in [1.165, 1.54) is 0 Å². The first kappa shape index (κ1) is 12.2. The Kier molecular flexibility index (Phi) is 4.29. The van der Waals surface area contributed by atoms with Gasteiger partial charge in [0.2, 0.25) is 0 Å². The molecule has 0 spiro atoms. The first-order valence-corrected chi connectivity index (χ1v) is 5.36. The highest BCUT2D eigenvalue weighted by Gasteiger charge is 2.17. The van der Waals surface area contributed by atoms with Gasteiger partial charge in [-0.15, -0.1) is 0 Å². The van der Waals surface area contributed by atoms with Crippen molar-refractivity contribution >= 4 is 0 Å². The van der Waals surface area contributed by atoms with Crippen LogP contribution in [0.4, 0.5) is 0 Å². The van der Waals surface area contributed by atoms with E-state index in [0.29, 0.717) is 0 Å². The van der Waals surface area contributed by atoms with Crippen molar-refractivity contribution in [3.8, 4) is 0 Å². The van der Waals surface area contributed by atoms with Crippen molar-refractivity contribution in [2.75, 3.05) is 7.11 Å². The molecule has 0 radical (unpaired) electrons. The molecule has 0 saturated heterocycles. The van der Waals surface area contributed by atoms with Crippen molar-refractivity contribution in [3.05, 3.63) is 17.5 Å². The molecule has 1 rings (SSSR count). The lowest BCUT2D eigenvalue weighted by molar-refractivity contribution is 0.0768. The minimum absolute atomic E-state index is 0.0369. The van der Waals surface area contributed by atoms with Crippen molar-refractivity contribution in [1.29, 1.82) is 0 Å². The van der Waals surface area contributed by atoms with Crippen LogP contribution in [0.2, 0.25) is 0 Å². The van der Waals surface area contributed by atoms with Crippen LogP contribution in [0.5, 0.6) is 0 Å². The zero-order valence-electron chi connectivity index (χ0n) is 10.0. The third-order valence-corrected chi connectivity index (χ3v) is 2.73. The molecule has 4 nitrogen and oxygen atoms in total. The molecule has 0 aromatic carbocycles. The van der Waals surface area contributed by atoms with Crippen LogP contribution in [-0.4, -0.2) is 29.0 Å². The number of rotatable bonds is 5. The van der Waals surface area contributed by atoms with Gasteiger partial charge in [0.05, 0.1) is 11.8 Å². The normalized spacial score (nSPS) is 15.3. The van der Waals surface area contributed by atoms with Gasteiger partial charge in [-0.1, -0.05) is 6.92 Å². The van der Waals surface area contributed by atoms with Gasteiger partial charge < -0.3 is 10.5 Å². The predicted molar refractivity (Wildman–Crippen MR) is 60.7 cm³/mol. The van der Waals surface area contributed by atoms with Crippen molar-refractivity contribution in [3.63, 3.8) is 0 Å². The Morgan fingerprint density at radius 1 is 1.60 bits per heavy atom. The topological polar surface area (TPSA) is 53.1 Å². The van der Waals surface area contributed by atoms with Gasteiger partial charge in [-0.2, -0.15) is 5.10 Å². The summed E-state index contributed by atoms with van der Waals surface area (Å²) in [4.78, 5) is 0. The number of hydrogen-bond donors (Lipinski definition) is 1. The molecule has 2 N–H and O–H groups in total. The van der Waals surface area contributed by atoms with Crippen LogP contribution in [0, 0.1) is 6.92 Å². The van der Waals surface area contributed by atoms with Crippen LogP contribution in [0.1, 0.15) is 24.7 Å². The van der Waals surface area contributed by atoms with E-state index < -0.39 is 0 Å². The van der Waals surface area contributed by atoms with Crippen molar-refractivity contribution in [2.45, 2.75) is 38.8 Å². The molecule has 15 heavy (non-hydrogen) atoms. The van der Waals surface area contributed by atoms with E-state index >= 15 is 0 Å². The quantitative estimate of drug-likeness (QED) is 0.791. The van der Waals surface area contributed by atoms with E-state index in [4.69, 9.17) is 10.5 Å². The second-order valence-electron chi connectivity index (χ2n) is 3.95. The lowest BCUT2D eigenvalue weighted by Gasteiger charge is -2.20. The fourth-order valence-corrected chi connectivity index (χ4v) is 1.87. The second kappa shape index (κ2) is 5.28. The molecule has 0 saturated carbocycles. The summed E-state index contributed by atoms with van der Waals surface area (Å²) in [5.74, 6) is 0.